The minimum absolute atomic E-state index is 0.260. The van der Waals surface area contributed by atoms with Gasteiger partial charge in [0, 0.05) is 6.42 Å². The molecule has 0 aliphatic heterocycles. The van der Waals surface area contributed by atoms with Gasteiger partial charge in [-0.05, 0) is 19.8 Å². The van der Waals surface area contributed by atoms with E-state index < -0.39 is 17.7 Å². The number of rotatable bonds is 2. The number of carbonyl (C=O) groups is 1. The van der Waals surface area contributed by atoms with E-state index in [0.29, 0.717) is 6.42 Å². The summed E-state index contributed by atoms with van der Waals surface area (Å²) in [5.74, 6) is -3.11. The molecule has 0 aromatic carbocycles. The molecule has 2 N–H and O–H groups in total. The molecule has 1 atom stereocenters. The zero-order valence-electron chi connectivity index (χ0n) is 7.82. The maximum absolute atomic E-state index is 11.3. The van der Waals surface area contributed by atoms with E-state index >= 15 is 0 Å². The monoisotopic (exact) mass is 188 g/mol. The lowest BCUT2D eigenvalue weighted by Gasteiger charge is -2.33. The van der Waals surface area contributed by atoms with E-state index in [9.17, 15) is 15.0 Å². The summed E-state index contributed by atoms with van der Waals surface area (Å²) in [6.07, 6.45) is 2.37. The van der Waals surface area contributed by atoms with Crippen LogP contribution in [0.5, 0.6) is 0 Å². The highest BCUT2D eigenvalue weighted by Gasteiger charge is 2.42. The molecule has 4 heteroatoms. The van der Waals surface area contributed by atoms with Crippen LogP contribution in [0.1, 0.15) is 32.6 Å². The van der Waals surface area contributed by atoms with Crippen LogP contribution >= 0.6 is 0 Å². The van der Waals surface area contributed by atoms with Gasteiger partial charge >= 0.3 is 5.97 Å². The van der Waals surface area contributed by atoms with Crippen molar-refractivity contribution in [3.05, 3.63) is 0 Å². The Morgan fingerprint density at radius 2 is 2.23 bits per heavy atom. The summed E-state index contributed by atoms with van der Waals surface area (Å²) in [4.78, 5) is 11.3. The molecular formula is C9H16O4. The summed E-state index contributed by atoms with van der Waals surface area (Å²) >= 11 is 0. The summed E-state index contributed by atoms with van der Waals surface area (Å²) in [5, 5.41) is 19.0. The first-order valence-electron chi connectivity index (χ1n) is 4.69. The first-order valence-corrected chi connectivity index (χ1v) is 4.69. The van der Waals surface area contributed by atoms with E-state index in [-0.39, 0.29) is 13.0 Å². The van der Waals surface area contributed by atoms with Gasteiger partial charge in [0.15, 0.2) is 5.79 Å². The van der Waals surface area contributed by atoms with Crippen LogP contribution in [0.2, 0.25) is 0 Å². The lowest BCUT2D eigenvalue weighted by molar-refractivity contribution is -0.225. The molecule has 1 aliphatic carbocycles. The summed E-state index contributed by atoms with van der Waals surface area (Å²) in [6.45, 7) is 1.99. The fraction of sp³-hybridized carbons (Fsp3) is 0.889. The maximum atomic E-state index is 11.3. The van der Waals surface area contributed by atoms with Gasteiger partial charge in [-0.25, -0.2) is 0 Å². The third kappa shape index (κ3) is 2.42. The van der Waals surface area contributed by atoms with Gasteiger partial charge in [0.1, 0.15) is 5.92 Å². The second-order valence-electron chi connectivity index (χ2n) is 3.43. The molecule has 0 bridgehead atoms. The molecule has 13 heavy (non-hydrogen) atoms. The van der Waals surface area contributed by atoms with Crippen LogP contribution in [-0.4, -0.2) is 28.6 Å². The zero-order chi connectivity index (χ0) is 9.90. The van der Waals surface area contributed by atoms with E-state index in [1.54, 1.807) is 6.92 Å². The number of hydrogen-bond acceptors (Lipinski definition) is 4. The van der Waals surface area contributed by atoms with E-state index in [1.807, 2.05) is 0 Å². The fourth-order valence-corrected chi connectivity index (χ4v) is 1.69. The van der Waals surface area contributed by atoms with Crippen LogP contribution < -0.4 is 0 Å². The van der Waals surface area contributed by atoms with Crippen molar-refractivity contribution in [3.8, 4) is 0 Å². The van der Waals surface area contributed by atoms with Crippen LogP contribution in [0, 0.1) is 5.92 Å². The van der Waals surface area contributed by atoms with Gasteiger partial charge < -0.3 is 14.9 Å². The fourth-order valence-electron chi connectivity index (χ4n) is 1.69. The Bertz CT molecular complexity index is 188. The van der Waals surface area contributed by atoms with Crippen LogP contribution in [0.3, 0.4) is 0 Å². The Morgan fingerprint density at radius 1 is 1.54 bits per heavy atom. The van der Waals surface area contributed by atoms with Crippen molar-refractivity contribution in [2.75, 3.05) is 6.61 Å². The van der Waals surface area contributed by atoms with Gasteiger partial charge in [-0.3, -0.25) is 4.79 Å². The lowest BCUT2D eigenvalue weighted by atomic mass is 9.83. The highest BCUT2D eigenvalue weighted by molar-refractivity contribution is 5.73. The van der Waals surface area contributed by atoms with Crippen molar-refractivity contribution in [3.63, 3.8) is 0 Å². The van der Waals surface area contributed by atoms with Crippen LogP contribution in [0.15, 0.2) is 0 Å². The molecule has 0 spiro atoms. The van der Waals surface area contributed by atoms with Crippen molar-refractivity contribution in [1.29, 1.82) is 0 Å². The summed E-state index contributed by atoms with van der Waals surface area (Å²) in [6, 6.07) is 0. The van der Waals surface area contributed by atoms with Crippen molar-refractivity contribution in [2.45, 2.75) is 38.4 Å². The van der Waals surface area contributed by atoms with E-state index in [4.69, 9.17) is 4.74 Å². The predicted molar refractivity (Wildman–Crippen MR) is 45.8 cm³/mol. The standard InChI is InChI=1S/C9H16O4/c1-2-13-8(10)7-5-3-4-6-9(7,11)12/h7,11-12H,2-6H2,1H3. The average molecular weight is 188 g/mol. The number of esters is 1. The highest BCUT2D eigenvalue weighted by Crippen LogP contribution is 2.32. The first-order chi connectivity index (χ1) is 6.08. The SMILES string of the molecule is CCOC(=O)C1CCCCC1(O)O. The molecular weight excluding hydrogens is 172 g/mol. The average Bonchev–Trinajstić information content (AvgIpc) is 2.03. The number of ether oxygens (including phenoxy) is 1. The Balaban J connectivity index is 2.59. The molecule has 1 fully saturated rings. The number of carbonyl (C=O) groups excluding carboxylic acids is 1. The van der Waals surface area contributed by atoms with E-state index in [1.165, 1.54) is 0 Å². The predicted octanol–water partition coefficient (Wildman–Crippen LogP) is 0.421. The minimum atomic E-state index is -1.86. The van der Waals surface area contributed by atoms with Crippen molar-refractivity contribution < 1.29 is 19.7 Å². The second kappa shape index (κ2) is 4.07. The van der Waals surface area contributed by atoms with E-state index in [2.05, 4.69) is 0 Å². The molecule has 0 heterocycles. The first kappa shape index (κ1) is 10.5. The zero-order valence-corrected chi connectivity index (χ0v) is 7.82. The Kier molecular flexibility index (Phi) is 3.27. The topological polar surface area (TPSA) is 66.8 Å². The molecule has 0 saturated heterocycles. The van der Waals surface area contributed by atoms with Crippen molar-refractivity contribution in [1.82, 2.24) is 0 Å². The molecule has 1 aliphatic rings. The Labute approximate surface area is 77.5 Å². The number of aliphatic hydroxyl groups is 2. The van der Waals surface area contributed by atoms with Gasteiger partial charge in [0.25, 0.3) is 0 Å². The van der Waals surface area contributed by atoms with E-state index in [0.717, 1.165) is 12.8 Å². The summed E-state index contributed by atoms with van der Waals surface area (Å²) in [7, 11) is 0. The molecule has 76 valence electrons. The quantitative estimate of drug-likeness (QED) is 0.487. The molecule has 1 rings (SSSR count). The third-order valence-electron chi connectivity index (χ3n) is 2.42. The molecule has 0 amide bonds. The van der Waals surface area contributed by atoms with Crippen molar-refractivity contribution in [2.24, 2.45) is 5.92 Å². The number of hydrogen-bond donors (Lipinski definition) is 2. The van der Waals surface area contributed by atoms with Crippen molar-refractivity contribution >= 4 is 5.97 Å². The van der Waals surface area contributed by atoms with Crippen LogP contribution in [0.4, 0.5) is 0 Å². The third-order valence-corrected chi connectivity index (χ3v) is 2.42. The van der Waals surface area contributed by atoms with Crippen LogP contribution in [-0.2, 0) is 9.53 Å². The molecule has 1 saturated carbocycles. The Morgan fingerprint density at radius 3 is 2.77 bits per heavy atom. The van der Waals surface area contributed by atoms with Gasteiger partial charge in [-0.15, -0.1) is 0 Å². The molecule has 4 nitrogen and oxygen atoms in total. The molecule has 0 aromatic rings. The molecule has 1 unspecified atom stereocenters. The highest BCUT2D eigenvalue weighted by atomic mass is 16.5. The lowest BCUT2D eigenvalue weighted by Crippen LogP contribution is -2.45. The normalized spacial score (nSPS) is 26.8. The van der Waals surface area contributed by atoms with Gasteiger partial charge in [-0.2, -0.15) is 0 Å². The molecule has 0 aromatic heterocycles. The summed E-state index contributed by atoms with van der Waals surface area (Å²) in [5.41, 5.74) is 0. The van der Waals surface area contributed by atoms with Gasteiger partial charge in [0.05, 0.1) is 6.61 Å². The maximum Gasteiger partial charge on any atom is 0.314 e. The Hall–Kier alpha value is -0.610. The summed E-state index contributed by atoms with van der Waals surface area (Å²) < 4.78 is 4.76. The van der Waals surface area contributed by atoms with Gasteiger partial charge in [0.2, 0.25) is 0 Å². The molecule has 0 radical (unpaired) electrons. The van der Waals surface area contributed by atoms with Gasteiger partial charge in [-0.1, -0.05) is 6.42 Å². The smallest absolute Gasteiger partial charge is 0.314 e. The minimum Gasteiger partial charge on any atom is -0.466 e. The second-order valence-corrected chi connectivity index (χ2v) is 3.43. The largest absolute Gasteiger partial charge is 0.466 e. The van der Waals surface area contributed by atoms with Crippen LogP contribution in [0.25, 0.3) is 0 Å².